The SMILES string of the molecule is CCS(=O)(=O)Nc1cc2oc(-c3ccc(F)cc3)c(C(=O)NC)c2cc1-c1ccc2[nH]c(-c3ccccc3)cc2c1. The first-order valence-corrected chi connectivity index (χ1v) is 14.7. The van der Waals surface area contributed by atoms with E-state index in [9.17, 15) is 17.6 Å². The van der Waals surface area contributed by atoms with Gasteiger partial charge in [0, 0.05) is 46.2 Å². The summed E-state index contributed by atoms with van der Waals surface area (Å²) in [6, 6.07) is 26.8. The summed E-state index contributed by atoms with van der Waals surface area (Å²) in [5.41, 5.74) is 5.68. The fraction of sp³-hybridized carbons (Fsp3) is 0.0938. The molecule has 2 heterocycles. The maximum absolute atomic E-state index is 13.6. The molecule has 0 aliphatic heterocycles. The smallest absolute Gasteiger partial charge is 0.255 e. The predicted octanol–water partition coefficient (Wildman–Crippen LogP) is 7.18. The number of H-pyrrole nitrogens is 1. The van der Waals surface area contributed by atoms with Gasteiger partial charge in [-0.1, -0.05) is 36.4 Å². The number of fused-ring (bicyclic) bond motifs is 2. The molecule has 0 spiro atoms. The van der Waals surface area contributed by atoms with Gasteiger partial charge in [0.25, 0.3) is 5.91 Å². The van der Waals surface area contributed by atoms with E-state index in [0.717, 1.165) is 27.7 Å². The molecule has 2 aromatic heterocycles. The Morgan fingerprint density at radius 3 is 2.34 bits per heavy atom. The Balaban J connectivity index is 1.58. The summed E-state index contributed by atoms with van der Waals surface area (Å²) < 4.78 is 47.8. The van der Waals surface area contributed by atoms with Crippen LogP contribution >= 0.6 is 0 Å². The number of aromatic amines is 1. The average molecular weight is 568 g/mol. The molecule has 0 bridgehead atoms. The highest BCUT2D eigenvalue weighted by atomic mass is 32.2. The van der Waals surface area contributed by atoms with Crippen LogP contribution in [0, 0.1) is 5.82 Å². The largest absolute Gasteiger partial charge is 0.455 e. The third kappa shape index (κ3) is 4.96. The van der Waals surface area contributed by atoms with Crippen molar-refractivity contribution in [3.63, 3.8) is 0 Å². The lowest BCUT2D eigenvalue weighted by Gasteiger charge is -2.13. The zero-order chi connectivity index (χ0) is 28.7. The van der Waals surface area contributed by atoms with E-state index >= 15 is 0 Å². The van der Waals surface area contributed by atoms with Gasteiger partial charge >= 0.3 is 0 Å². The van der Waals surface area contributed by atoms with Crippen LogP contribution < -0.4 is 10.0 Å². The molecule has 0 saturated heterocycles. The number of rotatable bonds is 7. The van der Waals surface area contributed by atoms with Crippen molar-refractivity contribution in [3.05, 3.63) is 102 Å². The molecule has 3 N–H and O–H groups in total. The van der Waals surface area contributed by atoms with Crippen molar-refractivity contribution in [1.29, 1.82) is 0 Å². The highest BCUT2D eigenvalue weighted by Gasteiger charge is 2.24. The summed E-state index contributed by atoms with van der Waals surface area (Å²) in [7, 11) is -2.13. The molecule has 0 aliphatic carbocycles. The van der Waals surface area contributed by atoms with E-state index < -0.39 is 15.8 Å². The molecular weight excluding hydrogens is 541 g/mol. The number of anilines is 1. The lowest BCUT2D eigenvalue weighted by molar-refractivity contribution is 0.0964. The number of hydrogen-bond acceptors (Lipinski definition) is 4. The van der Waals surface area contributed by atoms with Crippen LogP contribution in [0.4, 0.5) is 10.1 Å². The molecule has 0 radical (unpaired) electrons. The molecule has 41 heavy (non-hydrogen) atoms. The molecule has 7 nitrogen and oxygen atoms in total. The summed E-state index contributed by atoms with van der Waals surface area (Å²) in [6.07, 6.45) is 0. The number of amides is 1. The molecule has 0 fully saturated rings. The number of carbonyl (C=O) groups is 1. The number of furan rings is 1. The number of carbonyl (C=O) groups excluding carboxylic acids is 1. The Labute approximate surface area is 236 Å². The number of sulfonamides is 1. The van der Waals surface area contributed by atoms with Crippen molar-refractivity contribution in [2.24, 2.45) is 0 Å². The molecule has 0 unspecified atom stereocenters. The second kappa shape index (κ2) is 10.3. The second-order valence-corrected chi connectivity index (χ2v) is 11.7. The molecule has 6 rings (SSSR count). The van der Waals surface area contributed by atoms with Gasteiger partial charge in [0.15, 0.2) is 0 Å². The minimum atomic E-state index is -3.65. The highest BCUT2D eigenvalue weighted by Crippen LogP contribution is 2.41. The van der Waals surface area contributed by atoms with Crippen molar-refractivity contribution in [3.8, 4) is 33.7 Å². The van der Waals surface area contributed by atoms with Gasteiger partial charge in [-0.15, -0.1) is 0 Å². The lowest BCUT2D eigenvalue weighted by atomic mass is 9.98. The standard InChI is InChI=1S/C32H26FN3O4S/c1-3-41(38,39)36-28-18-29-25(30(32(37)34-2)31(40-29)20-9-12-23(33)13-10-20)17-24(28)21-11-14-26-22(15-21)16-27(35-26)19-7-5-4-6-8-19/h4-18,35-36H,3H2,1-2H3,(H,34,37). The Morgan fingerprint density at radius 1 is 0.902 bits per heavy atom. The van der Waals surface area contributed by atoms with Crippen molar-refractivity contribution >= 4 is 43.5 Å². The van der Waals surface area contributed by atoms with E-state index in [1.165, 1.54) is 31.3 Å². The van der Waals surface area contributed by atoms with Crippen molar-refractivity contribution in [2.45, 2.75) is 6.92 Å². The third-order valence-corrected chi connectivity index (χ3v) is 8.34. The molecular formula is C32H26FN3O4S. The van der Waals surface area contributed by atoms with Crippen LogP contribution in [0.3, 0.4) is 0 Å². The average Bonchev–Trinajstić information content (AvgIpc) is 3.58. The van der Waals surface area contributed by atoms with Gasteiger partial charge in [-0.25, -0.2) is 12.8 Å². The number of nitrogens with one attached hydrogen (secondary N) is 3. The molecule has 0 saturated carbocycles. The highest BCUT2D eigenvalue weighted by molar-refractivity contribution is 7.92. The van der Waals surface area contributed by atoms with E-state index in [0.29, 0.717) is 27.8 Å². The molecule has 6 aromatic rings. The number of hydrogen-bond donors (Lipinski definition) is 3. The minimum Gasteiger partial charge on any atom is -0.455 e. The van der Waals surface area contributed by atoms with E-state index in [2.05, 4.69) is 15.0 Å². The third-order valence-electron chi connectivity index (χ3n) is 7.05. The molecule has 0 aliphatic rings. The Hall–Kier alpha value is -4.89. The number of halogens is 1. The molecule has 4 aromatic carbocycles. The van der Waals surface area contributed by atoms with Crippen LogP contribution in [0.25, 0.3) is 55.6 Å². The monoisotopic (exact) mass is 567 g/mol. The second-order valence-electron chi connectivity index (χ2n) is 9.64. The first-order chi connectivity index (χ1) is 19.8. The van der Waals surface area contributed by atoms with E-state index in [4.69, 9.17) is 4.42 Å². The normalized spacial score (nSPS) is 11.7. The first kappa shape index (κ1) is 26.3. The molecule has 9 heteroatoms. The van der Waals surface area contributed by atoms with Crippen LogP contribution in [-0.2, 0) is 10.0 Å². The van der Waals surface area contributed by atoms with Crippen LogP contribution in [-0.4, -0.2) is 32.1 Å². The zero-order valence-corrected chi connectivity index (χ0v) is 23.1. The fourth-order valence-corrected chi connectivity index (χ4v) is 5.58. The van der Waals surface area contributed by atoms with Crippen LogP contribution in [0.2, 0.25) is 0 Å². The van der Waals surface area contributed by atoms with E-state index in [1.807, 2.05) is 54.6 Å². The van der Waals surface area contributed by atoms with Gasteiger partial charge in [-0.05, 0) is 66.6 Å². The maximum atomic E-state index is 13.6. The van der Waals surface area contributed by atoms with Gasteiger partial charge < -0.3 is 14.7 Å². The Morgan fingerprint density at radius 2 is 1.63 bits per heavy atom. The van der Waals surface area contributed by atoms with Crippen LogP contribution in [0.15, 0.2) is 95.4 Å². The lowest BCUT2D eigenvalue weighted by Crippen LogP contribution is -2.18. The quantitative estimate of drug-likeness (QED) is 0.190. The van der Waals surface area contributed by atoms with Crippen molar-refractivity contribution in [1.82, 2.24) is 10.3 Å². The Kier molecular flexibility index (Phi) is 6.59. The summed E-state index contributed by atoms with van der Waals surface area (Å²) in [4.78, 5) is 16.5. The van der Waals surface area contributed by atoms with Gasteiger partial charge in [0.2, 0.25) is 10.0 Å². The van der Waals surface area contributed by atoms with Gasteiger partial charge in [0.1, 0.15) is 17.2 Å². The van der Waals surface area contributed by atoms with Gasteiger partial charge in [-0.2, -0.15) is 0 Å². The maximum Gasteiger partial charge on any atom is 0.255 e. The van der Waals surface area contributed by atoms with Crippen LogP contribution in [0.5, 0.6) is 0 Å². The van der Waals surface area contributed by atoms with Crippen molar-refractivity contribution < 1.29 is 22.0 Å². The van der Waals surface area contributed by atoms with Crippen LogP contribution in [0.1, 0.15) is 17.3 Å². The summed E-state index contributed by atoms with van der Waals surface area (Å²) in [5.74, 6) is -0.663. The van der Waals surface area contributed by atoms with E-state index in [1.54, 1.807) is 19.1 Å². The topological polar surface area (TPSA) is 104 Å². The Bertz CT molecular complexity index is 2030. The molecule has 1 amide bonds. The zero-order valence-electron chi connectivity index (χ0n) is 22.3. The minimum absolute atomic E-state index is 0.121. The molecule has 0 atom stereocenters. The number of benzene rings is 4. The fourth-order valence-electron chi connectivity index (χ4n) is 4.93. The summed E-state index contributed by atoms with van der Waals surface area (Å²) in [5, 5.41) is 4.09. The van der Waals surface area contributed by atoms with Crippen molar-refractivity contribution in [2.75, 3.05) is 17.5 Å². The molecule has 206 valence electrons. The first-order valence-electron chi connectivity index (χ1n) is 13.0. The summed E-state index contributed by atoms with van der Waals surface area (Å²) >= 11 is 0. The number of aromatic nitrogens is 1. The van der Waals surface area contributed by atoms with E-state index in [-0.39, 0.29) is 23.0 Å². The predicted molar refractivity (Wildman–Crippen MR) is 161 cm³/mol. The summed E-state index contributed by atoms with van der Waals surface area (Å²) in [6.45, 7) is 1.56. The van der Waals surface area contributed by atoms with Gasteiger partial charge in [-0.3, -0.25) is 9.52 Å². The van der Waals surface area contributed by atoms with Gasteiger partial charge in [0.05, 0.1) is 17.0 Å².